The van der Waals surface area contributed by atoms with E-state index >= 15 is 0 Å². The summed E-state index contributed by atoms with van der Waals surface area (Å²) in [6.07, 6.45) is -2.24. The van der Waals surface area contributed by atoms with Crippen LogP contribution in [0.15, 0.2) is 30.3 Å². The van der Waals surface area contributed by atoms with Crippen molar-refractivity contribution in [1.29, 1.82) is 0 Å². The molecule has 0 unspecified atom stereocenters. The lowest BCUT2D eigenvalue weighted by Crippen LogP contribution is -2.45. The molecule has 2 atom stereocenters. The van der Waals surface area contributed by atoms with E-state index in [0.717, 1.165) is 13.0 Å². The van der Waals surface area contributed by atoms with Gasteiger partial charge in [0.1, 0.15) is 5.75 Å². The van der Waals surface area contributed by atoms with Gasteiger partial charge in [-0.3, -0.25) is 4.79 Å². The third kappa shape index (κ3) is 5.79. The average molecular weight is 338 g/mol. The van der Waals surface area contributed by atoms with Crippen LogP contribution in [0, 0.1) is 0 Å². The highest BCUT2D eigenvalue weighted by Crippen LogP contribution is 2.12. The summed E-state index contributed by atoms with van der Waals surface area (Å²) >= 11 is 0. The van der Waals surface area contributed by atoms with E-state index in [1.165, 1.54) is 30.3 Å². The number of aromatic hydroxyl groups is 1. The molecule has 128 valence electrons. The number of rotatable bonds is 7. The van der Waals surface area contributed by atoms with Crippen molar-refractivity contribution in [3.05, 3.63) is 35.9 Å². The van der Waals surface area contributed by atoms with E-state index in [9.17, 15) is 19.2 Å². The highest BCUT2D eigenvalue weighted by Gasteiger charge is 2.39. The van der Waals surface area contributed by atoms with Gasteiger partial charge in [0.2, 0.25) is 12.2 Å². The number of esters is 2. The normalized spacial score (nSPS) is 13.0. The molecule has 0 fully saturated rings. The topological polar surface area (TPSA) is 147 Å². The molecule has 0 heterocycles. The molecule has 0 spiro atoms. The molecule has 9 heteroatoms. The highest BCUT2D eigenvalue weighted by atomic mass is 16.6. The minimum atomic E-state index is -2.21. The van der Waals surface area contributed by atoms with Crippen LogP contribution in [0.1, 0.15) is 12.5 Å². The molecule has 0 bridgehead atoms. The second-order valence-corrected chi connectivity index (χ2v) is 4.49. The third-order valence-corrected chi connectivity index (χ3v) is 2.60. The smallest absolute Gasteiger partial charge is 0.349 e. The Morgan fingerprint density at radius 3 is 1.92 bits per heavy atom. The van der Waals surface area contributed by atoms with Crippen molar-refractivity contribution < 1.29 is 44.0 Å². The first kappa shape index (κ1) is 18.7. The minimum absolute atomic E-state index is 0.0198. The molecule has 0 saturated carbocycles. The van der Waals surface area contributed by atoms with Crippen molar-refractivity contribution in [2.75, 3.05) is 0 Å². The Kier molecular flexibility index (Phi) is 6.48. The lowest BCUT2D eigenvalue weighted by atomic mass is 10.2. The summed E-state index contributed by atoms with van der Waals surface area (Å²) in [6.45, 7) is 0.890. The predicted molar refractivity (Wildman–Crippen MR) is 77.8 cm³/mol. The molecule has 24 heavy (non-hydrogen) atoms. The Hall–Kier alpha value is -3.36. The van der Waals surface area contributed by atoms with Gasteiger partial charge >= 0.3 is 23.9 Å². The highest BCUT2D eigenvalue weighted by molar-refractivity contribution is 5.91. The quantitative estimate of drug-likeness (QED) is 0.475. The number of aliphatic carboxylic acids is 2. The summed E-state index contributed by atoms with van der Waals surface area (Å²) < 4.78 is 8.91. The molecule has 0 aliphatic carbocycles. The van der Waals surface area contributed by atoms with Crippen LogP contribution in [-0.4, -0.2) is 51.4 Å². The van der Waals surface area contributed by atoms with Crippen LogP contribution in [0.2, 0.25) is 0 Å². The first-order valence-corrected chi connectivity index (χ1v) is 6.51. The number of carbonyl (C=O) groups excluding carboxylic acids is 2. The summed E-state index contributed by atoms with van der Waals surface area (Å²) in [5.74, 6) is -5.72. The van der Waals surface area contributed by atoms with Gasteiger partial charge < -0.3 is 24.8 Å². The fraction of sp³-hybridized carbons (Fsp3) is 0.200. The van der Waals surface area contributed by atoms with Crippen molar-refractivity contribution >= 4 is 30.0 Å². The number of hydrogen-bond donors (Lipinski definition) is 3. The van der Waals surface area contributed by atoms with Crippen LogP contribution in [0.5, 0.6) is 5.75 Å². The molecule has 0 aliphatic heterocycles. The molecule has 0 radical (unpaired) electrons. The second kappa shape index (κ2) is 8.32. The maximum Gasteiger partial charge on any atom is 0.349 e. The lowest BCUT2D eigenvalue weighted by molar-refractivity contribution is -0.184. The molecule has 0 saturated heterocycles. The van der Waals surface area contributed by atoms with Gasteiger partial charge in [-0.25, -0.2) is 14.4 Å². The van der Waals surface area contributed by atoms with Crippen LogP contribution in [0.4, 0.5) is 0 Å². The maximum absolute atomic E-state index is 11.7. The van der Waals surface area contributed by atoms with Crippen LogP contribution in [-0.2, 0) is 28.7 Å². The Labute approximate surface area is 135 Å². The van der Waals surface area contributed by atoms with E-state index in [1.54, 1.807) is 0 Å². The van der Waals surface area contributed by atoms with Crippen molar-refractivity contribution in [2.24, 2.45) is 0 Å². The number of phenolic OH excluding ortho intramolecular Hbond substituents is 1. The fourth-order valence-electron chi connectivity index (χ4n) is 1.58. The third-order valence-electron chi connectivity index (χ3n) is 2.60. The van der Waals surface area contributed by atoms with E-state index < -0.39 is 36.1 Å². The Balaban J connectivity index is 2.85. The van der Waals surface area contributed by atoms with E-state index in [2.05, 4.69) is 9.47 Å². The summed E-state index contributed by atoms with van der Waals surface area (Å²) in [5.41, 5.74) is 0.506. The number of phenols is 1. The van der Waals surface area contributed by atoms with Crippen LogP contribution >= 0.6 is 0 Å². The number of carboxylic acids is 2. The van der Waals surface area contributed by atoms with Gasteiger partial charge in [-0.1, -0.05) is 12.1 Å². The number of carbonyl (C=O) groups is 4. The SMILES string of the molecule is CC(=O)O[C@@H](C(=O)O)[C@@H](OC(=O)/C=C/c1ccc(O)cc1)C(=O)O. The Morgan fingerprint density at radius 2 is 1.46 bits per heavy atom. The van der Waals surface area contributed by atoms with E-state index in [4.69, 9.17) is 15.3 Å². The van der Waals surface area contributed by atoms with E-state index in [1.807, 2.05) is 0 Å². The van der Waals surface area contributed by atoms with Gasteiger partial charge in [0, 0.05) is 13.0 Å². The maximum atomic E-state index is 11.7. The molecule has 1 aromatic rings. The molecular formula is C15H14O9. The predicted octanol–water partition coefficient (Wildman–Crippen LogP) is 0.418. The van der Waals surface area contributed by atoms with Crippen molar-refractivity contribution in [2.45, 2.75) is 19.1 Å². The first-order chi connectivity index (χ1) is 11.2. The fourth-order valence-corrected chi connectivity index (χ4v) is 1.58. The zero-order chi connectivity index (χ0) is 18.3. The zero-order valence-electron chi connectivity index (χ0n) is 12.4. The van der Waals surface area contributed by atoms with E-state index in [-0.39, 0.29) is 5.75 Å². The number of carboxylic acid groups (broad SMARTS) is 2. The van der Waals surface area contributed by atoms with Crippen LogP contribution in [0.25, 0.3) is 6.08 Å². The summed E-state index contributed by atoms with van der Waals surface area (Å²) in [7, 11) is 0. The molecule has 0 amide bonds. The molecule has 0 aliphatic rings. The number of benzene rings is 1. The number of ether oxygens (including phenoxy) is 2. The second-order valence-electron chi connectivity index (χ2n) is 4.49. The summed E-state index contributed by atoms with van der Waals surface area (Å²) in [5, 5.41) is 27.0. The van der Waals surface area contributed by atoms with Crippen LogP contribution < -0.4 is 0 Å². The summed E-state index contributed by atoms with van der Waals surface area (Å²) in [4.78, 5) is 44.6. The standard InChI is InChI=1S/C15H14O9/c1-8(16)23-12(14(19)20)13(15(21)22)24-11(18)7-4-9-2-5-10(17)6-3-9/h2-7,12-13,17H,1H3,(H,19,20)(H,21,22)/b7-4+/t12-,13-/m1/s1. The molecule has 1 aromatic carbocycles. The monoisotopic (exact) mass is 338 g/mol. The van der Waals surface area contributed by atoms with Crippen molar-refractivity contribution in [3.8, 4) is 5.75 Å². The van der Waals surface area contributed by atoms with Crippen molar-refractivity contribution in [1.82, 2.24) is 0 Å². The molecule has 3 N–H and O–H groups in total. The Bertz CT molecular complexity index is 660. The number of hydrogen-bond acceptors (Lipinski definition) is 7. The lowest BCUT2D eigenvalue weighted by Gasteiger charge is -2.19. The minimum Gasteiger partial charge on any atom is -0.508 e. The van der Waals surface area contributed by atoms with Crippen molar-refractivity contribution in [3.63, 3.8) is 0 Å². The van der Waals surface area contributed by atoms with Gasteiger partial charge in [-0.2, -0.15) is 0 Å². The molecule has 9 nitrogen and oxygen atoms in total. The average Bonchev–Trinajstić information content (AvgIpc) is 2.49. The largest absolute Gasteiger partial charge is 0.508 e. The summed E-state index contributed by atoms with van der Waals surface area (Å²) in [6, 6.07) is 5.69. The molecule has 0 aromatic heterocycles. The van der Waals surface area contributed by atoms with Crippen LogP contribution in [0.3, 0.4) is 0 Å². The first-order valence-electron chi connectivity index (χ1n) is 6.51. The van der Waals surface area contributed by atoms with Gasteiger partial charge in [0.05, 0.1) is 0 Å². The van der Waals surface area contributed by atoms with E-state index in [0.29, 0.717) is 5.56 Å². The Morgan fingerprint density at radius 1 is 0.958 bits per heavy atom. The van der Waals surface area contributed by atoms with Gasteiger partial charge in [0.15, 0.2) is 0 Å². The molecular weight excluding hydrogens is 324 g/mol. The zero-order valence-corrected chi connectivity index (χ0v) is 12.4. The molecule has 1 rings (SSSR count). The van der Waals surface area contributed by atoms with Gasteiger partial charge in [-0.15, -0.1) is 0 Å². The van der Waals surface area contributed by atoms with Gasteiger partial charge in [0.25, 0.3) is 0 Å². The van der Waals surface area contributed by atoms with Gasteiger partial charge in [-0.05, 0) is 23.8 Å².